The van der Waals surface area contributed by atoms with E-state index in [0.717, 1.165) is 36.1 Å². The van der Waals surface area contributed by atoms with Gasteiger partial charge < -0.3 is 8.98 Å². The average Bonchev–Trinajstić information content (AvgIpc) is 3.27. The van der Waals surface area contributed by atoms with Crippen LogP contribution in [0.1, 0.15) is 24.3 Å². The van der Waals surface area contributed by atoms with E-state index in [1.54, 1.807) is 6.26 Å². The van der Waals surface area contributed by atoms with Gasteiger partial charge in [-0.25, -0.2) is 4.68 Å². The zero-order valence-electron chi connectivity index (χ0n) is 14.3. The van der Waals surface area contributed by atoms with Gasteiger partial charge in [-0.2, -0.15) is 0 Å². The molecule has 1 aromatic carbocycles. The van der Waals surface area contributed by atoms with E-state index in [4.69, 9.17) is 16.6 Å². The lowest BCUT2D eigenvalue weighted by atomic mass is 9.90. The first kappa shape index (κ1) is 16.3. The fourth-order valence-corrected chi connectivity index (χ4v) is 3.71. The van der Waals surface area contributed by atoms with Gasteiger partial charge in [0, 0.05) is 20.1 Å². The summed E-state index contributed by atoms with van der Waals surface area (Å²) in [6.07, 6.45) is 4.01. The van der Waals surface area contributed by atoms with E-state index < -0.39 is 0 Å². The topological polar surface area (TPSA) is 39.1 Å². The second kappa shape index (κ2) is 6.98. The van der Waals surface area contributed by atoms with Crippen molar-refractivity contribution in [2.45, 2.75) is 25.4 Å². The monoisotopic (exact) mass is 354 g/mol. The number of rotatable bonds is 4. The fraction of sp³-hybridized carbons (Fsp3) is 0.368. The van der Waals surface area contributed by atoms with Crippen molar-refractivity contribution < 1.29 is 4.42 Å². The zero-order chi connectivity index (χ0) is 17.2. The molecule has 1 aliphatic heterocycles. The molecule has 2 aromatic heterocycles. The van der Waals surface area contributed by atoms with Crippen LogP contribution in [0.5, 0.6) is 0 Å². The molecule has 0 saturated carbocycles. The smallest absolute Gasteiger partial charge is 0.199 e. The second-order valence-corrected chi connectivity index (χ2v) is 6.95. The van der Waals surface area contributed by atoms with Crippen LogP contribution >= 0.6 is 12.2 Å². The molecule has 4 rings (SSSR count). The van der Waals surface area contributed by atoms with Crippen molar-refractivity contribution in [3.8, 4) is 11.6 Å². The number of hydrogen-bond acceptors (Lipinski definition) is 4. The van der Waals surface area contributed by atoms with Crippen molar-refractivity contribution >= 4 is 12.2 Å². The molecule has 1 aliphatic rings. The van der Waals surface area contributed by atoms with Crippen LogP contribution < -0.4 is 0 Å². The molecule has 0 N–H and O–H groups in total. The van der Waals surface area contributed by atoms with Crippen molar-refractivity contribution in [2.75, 3.05) is 13.1 Å². The Hall–Kier alpha value is -2.18. The predicted octanol–water partition coefficient (Wildman–Crippen LogP) is 4.05. The molecule has 0 spiro atoms. The first-order chi connectivity index (χ1) is 12.2. The maximum Gasteiger partial charge on any atom is 0.199 e. The van der Waals surface area contributed by atoms with Gasteiger partial charge in [0.25, 0.3) is 0 Å². The molecule has 0 aliphatic carbocycles. The minimum absolute atomic E-state index is 0.660. The molecule has 5 nitrogen and oxygen atoms in total. The number of aromatic nitrogens is 3. The van der Waals surface area contributed by atoms with Gasteiger partial charge in [0.1, 0.15) is 0 Å². The van der Waals surface area contributed by atoms with Crippen LogP contribution in [-0.2, 0) is 13.7 Å². The van der Waals surface area contributed by atoms with Crippen LogP contribution in [-0.4, -0.2) is 32.3 Å². The molecule has 3 aromatic rings. The number of benzene rings is 1. The van der Waals surface area contributed by atoms with Gasteiger partial charge >= 0.3 is 0 Å². The first-order valence-electron chi connectivity index (χ1n) is 8.67. The van der Waals surface area contributed by atoms with Crippen molar-refractivity contribution in [1.82, 2.24) is 19.2 Å². The van der Waals surface area contributed by atoms with Gasteiger partial charge in [-0.15, -0.1) is 5.10 Å². The molecule has 3 heterocycles. The Kier molecular flexibility index (Phi) is 4.55. The van der Waals surface area contributed by atoms with E-state index in [1.807, 2.05) is 28.4 Å². The first-order valence-corrected chi connectivity index (χ1v) is 9.08. The van der Waals surface area contributed by atoms with Gasteiger partial charge in [-0.3, -0.25) is 4.90 Å². The summed E-state index contributed by atoms with van der Waals surface area (Å²) < 4.78 is 9.99. The Morgan fingerprint density at radius 3 is 2.56 bits per heavy atom. The lowest BCUT2D eigenvalue weighted by Gasteiger charge is -2.31. The highest BCUT2D eigenvalue weighted by Gasteiger charge is 2.21. The van der Waals surface area contributed by atoms with E-state index in [0.29, 0.717) is 5.92 Å². The Morgan fingerprint density at radius 1 is 1.12 bits per heavy atom. The average molecular weight is 354 g/mol. The van der Waals surface area contributed by atoms with Gasteiger partial charge in [0.05, 0.1) is 12.9 Å². The maximum atomic E-state index is 5.55. The van der Waals surface area contributed by atoms with Gasteiger partial charge in [-0.1, -0.05) is 30.3 Å². The summed E-state index contributed by atoms with van der Waals surface area (Å²) in [5.74, 6) is 2.18. The third-order valence-corrected chi connectivity index (χ3v) is 5.46. The van der Waals surface area contributed by atoms with Crippen molar-refractivity contribution in [1.29, 1.82) is 0 Å². The third kappa shape index (κ3) is 3.32. The number of furan rings is 1. The Balaban J connectivity index is 1.44. The van der Waals surface area contributed by atoms with Crippen LogP contribution in [0.3, 0.4) is 0 Å². The van der Waals surface area contributed by atoms with Gasteiger partial charge in [-0.05, 0) is 48.7 Å². The third-order valence-electron chi connectivity index (χ3n) is 4.97. The standard InChI is InChI=1S/C19H22N4OS/c1-21-18(17-8-5-13-24-17)20-23(19(21)25)14-22-11-9-16(10-12-22)15-6-3-2-4-7-15/h2-8,13,16H,9-12,14H2,1H3. The lowest BCUT2D eigenvalue weighted by Crippen LogP contribution is -2.34. The molecule has 0 amide bonds. The van der Waals surface area contributed by atoms with E-state index >= 15 is 0 Å². The maximum absolute atomic E-state index is 5.55. The molecule has 0 atom stereocenters. The van der Waals surface area contributed by atoms with Gasteiger partial charge in [0.15, 0.2) is 16.4 Å². The van der Waals surface area contributed by atoms with Crippen LogP contribution in [0.2, 0.25) is 0 Å². The summed E-state index contributed by atoms with van der Waals surface area (Å²) in [6, 6.07) is 14.6. The zero-order valence-corrected chi connectivity index (χ0v) is 15.2. The molecule has 0 radical (unpaired) electrons. The fourth-order valence-electron chi connectivity index (χ4n) is 3.52. The van der Waals surface area contributed by atoms with Crippen molar-refractivity contribution in [3.63, 3.8) is 0 Å². The number of likely N-dealkylation sites (tertiary alicyclic amines) is 1. The molecule has 6 heteroatoms. The second-order valence-electron chi connectivity index (χ2n) is 6.59. The Bertz CT molecular complexity index is 874. The normalized spacial score (nSPS) is 16.4. The molecule has 0 unspecified atom stereocenters. The summed E-state index contributed by atoms with van der Waals surface area (Å²) >= 11 is 5.55. The van der Waals surface area contributed by atoms with Crippen LogP contribution in [0.25, 0.3) is 11.6 Å². The molecular weight excluding hydrogens is 332 g/mol. The molecule has 130 valence electrons. The quantitative estimate of drug-likeness (QED) is 0.663. The minimum atomic E-state index is 0.660. The SMILES string of the molecule is Cn1c(-c2ccco2)nn(CN2CCC(c3ccccc3)CC2)c1=S. The van der Waals surface area contributed by atoms with Crippen LogP contribution in [0, 0.1) is 4.77 Å². The van der Waals surface area contributed by atoms with E-state index in [9.17, 15) is 0 Å². The molecular formula is C19H22N4OS. The molecule has 1 fully saturated rings. The lowest BCUT2D eigenvalue weighted by molar-refractivity contribution is 0.160. The summed E-state index contributed by atoms with van der Waals surface area (Å²) in [7, 11) is 1.94. The highest BCUT2D eigenvalue weighted by atomic mass is 32.1. The highest BCUT2D eigenvalue weighted by Crippen LogP contribution is 2.28. The Morgan fingerprint density at radius 2 is 1.88 bits per heavy atom. The Labute approximate surface area is 152 Å². The minimum Gasteiger partial charge on any atom is -0.461 e. The summed E-state index contributed by atoms with van der Waals surface area (Å²) in [5.41, 5.74) is 1.46. The van der Waals surface area contributed by atoms with E-state index in [2.05, 4.69) is 40.3 Å². The van der Waals surface area contributed by atoms with Crippen LogP contribution in [0.4, 0.5) is 0 Å². The molecule has 25 heavy (non-hydrogen) atoms. The van der Waals surface area contributed by atoms with Crippen LogP contribution in [0.15, 0.2) is 53.1 Å². The largest absolute Gasteiger partial charge is 0.461 e. The predicted molar refractivity (Wildman–Crippen MR) is 99.7 cm³/mol. The van der Waals surface area contributed by atoms with E-state index in [1.165, 1.54) is 18.4 Å². The van der Waals surface area contributed by atoms with E-state index in [-0.39, 0.29) is 0 Å². The highest BCUT2D eigenvalue weighted by molar-refractivity contribution is 7.71. The van der Waals surface area contributed by atoms with Gasteiger partial charge in [0.2, 0.25) is 0 Å². The number of nitrogens with zero attached hydrogens (tertiary/aromatic N) is 4. The summed E-state index contributed by atoms with van der Waals surface area (Å²) in [6.45, 7) is 2.86. The summed E-state index contributed by atoms with van der Waals surface area (Å²) in [5, 5.41) is 4.66. The summed E-state index contributed by atoms with van der Waals surface area (Å²) in [4.78, 5) is 2.42. The number of hydrogen-bond donors (Lipinski definition) is 0. The molecule has 1 saturated heterocycles. The van der Waals surface area contributed by atoms with Crippen molar-refractivity contribution in [3.05, 3.63) is 59.1 Å². The van der Waals surface area contributed by atoms with Crippen molar-refractivity contribution in [2.24, 2.45) is 7.05 Å². The number of piperidine rings is 1. The molecule has 0 bridgehead atoms.